The first kappa shape index (κ1) is 13.7. The molecule has 5 heteroatoms. The molecule has 0 saturated carbocycles. The number of hydrogen-bond acceptors (Lipinski definition) is 1. The van der Waals surface area contributed by atoms with Crippen LogP contribution in [0.5, 0.6) is 0 Å². The maximum atomic E-state index is 12.9. The molecule has 0 heterocycles. The van der Waals surface area contributed by atoms with Crippen molar-refractivity contribution in [3.63, 3.8) is 0 Å². The van der Waals surface area contributed by atoms with Crippen LogP contribution in [0.2, 0.25) is 5.02 Å². The predicted octanol–water partition coefficient (Wildman–Crippen LogP) is 4.53. The lowest BCUT2D eigenvalue weighted by molar-refractivity contribution is -0.138. The SMILES string of the molecule is Nc1cc(Cl)ccc1Cc1ccccc1C(F)(F)F. The van der Waals surface area contributed by atoms with Gasteiger partial charge in [-0.1, -0.05) is 35.9 Å². The molecule has 0 fully saturated rings. The molecule has 0 unspecified atom stereocenters. The third-order valence-corrected chi connectivity index (χ3v) is 3.05. The minimum Gasteiger partial charge on any atom is -0.398 e. The molecule has 2 N–H and O–H groups in total. The predicted molar refractivity (Wildman–Crippen MR) is 70.1 cm³/mol. The van der Waals surface area contributed by atoms with Gasteiger partial charge in [-0.05, 0) is 29.3 Å². The number of anilines is 1. The number of alkyl halides is 3. The molecule has 0 radical (unpaired) electrons. The van der Waals surface area contributed by atoms with Crippen molar-refractivity contribution < 1.29 is 13.2 Å². The van der Waals surface area contributed by atoms with Crippen molar-refractivity contribution in [1.29, 1.82) is 0 Å². The van der Waals surface area contributed by atoms with Crippen LogP contribution < -0.4 is 5.73 Å². The molecule has 0 atom stereocenters. The smallest absolute Gasteiger partial charge is 0.398 e. The maximum absolute atomic E-state index is 12.9. The van der Waals surface area contributed by atoms with Crippen LogP contribution in [0, 0.1) is 0 Å². The molecular formula is C14H11ClF3N. The zero-order chi connectivity index (χ0) is 14.0. The summed E-state index contributed by atoms with van der Waals surface area (Å²) in [7, 11) is 0. The molecule has 1 nitrogen and oxygen atoms in total. The van der Waals surface area contributed by atoms with E-state index >= 15 is 0 Å². The van der Waals surface area contributed by atoms with Crippen LogP contribution >= 0.6 is 11.6 Å². The first-order valence-electron chi connectivity index (χ1n) is 5.57. The molecule has 0 aliphatic rings. The number of nitrogen functional groups attached to an aromatic ring is 1. The molecule has 100 valence electrons. The zero-order valence-corrected chi connectivity index (χ0v) is 10.6. The number of hydrogen-bond donors (Lipinski definition) is 1. The van der Waals surface area contributed by atoms with Crippen molar-refractivity contribution in [1.82, 2.24) is 0 Å². The van der Waals surface area contributed by atoms with Gasteiger partial charge < -0.3 is 5.73 Å². The number of halogens is 4. The molecule has 0 spiro atoms. The van der Waals surface area contributed by atoms with Gasteiger partial charge in [0.25, 0.3) is 0 Å². The van der Waals surface area contributed by atoms with Crippen molar-refractivity contribution in [3.05, 3.63) is 64.2 Å². The minimum absolute atomic E-state index is 0.124. The Hall–Kier alpha value is -1.68. The number of rotatable bonds is 2. The van der Waals surface area contributed by atoms with Gasteiger partial charge >= 0.3 is 6.18 Å². The highest BCUT2D eigenvalue weighted by molar-refractivity contribution is 6.30. The average molecular weight is 286 g/mol. The monoisotopic (exact) mass is 285 g/mol. The van der Waals surface area contributed by atoms with E-state index in [-0.39, 0.29) is 12.0 Å². The van der Waals surface area contributed by atoms with E-state index in [1.54, 1.807) is 18.2 Å². The van der Waals surface area contributed by atoms with Crippen LogP contribution in [0.25, 0.3) is 0 Å². The van der Waals surface area contributed by atoms with Crippen LogP contribution in [0.4, 0.5) is 18.9 Å². The van der Waals surface area contributed by atoms with Crippen LogP contribution in [0.1, 0.15) is 16.7 Å². The molecule has 0 amide bonds. The minimum atomic E-state index is -4.36. The molecule has 2 aromatic rings. The summed E-state index contributed by atoms with van der Waals surface area (Å²) in [5.74, 6) is 0. The molecule has 0 saturated heterocycles. The fraction of sp³-hybridized carbons (Fsp3) is 0.143. The maximum Gasteiger partial charge on any atom is 0.416 e. The molecule has 19 heavy (non-hydrogen) atoms. The fourth-order valence-electron chi connectivity index (χ4n) is 1.88. The summed E-state index contributed by atoms with van der Waals surface area (Å²) in [6.45, 7) is 0. The normalized spacial score (nSPS) is 11.6. The third-order valence-electron chi connectivity index (χ3n) is 2.81. The third kappa shape index (κ3) is 3.20. The Bertz CT molecular complexity index is 593. The summed E-state index contributed by atoms with van der Waals surface area (Å²) in [4.78, 5) is 0. The quantitative estimate of drug-likeness (QED) is 0.806. The second-order valence-corrected chi connectivity index (χ2v) is 4.61. The van der Waals surface area contributed by atoms with E-state index in [1.807, 2.05) is 0 Å². The Morgan fingerprint density at radius 3 is 2.32 bits per heavy atom. The van der Waals surface area contributed by atoms with E-state index in [4.69, 9.17) is 17.3 Å². The summed E-state index contributed by atoms with van der Waals surface area (Å²) < 4.78 is 38.6. The van der Waals surface area contributed by atoms with Gasteiger partial charge in [-0.2, -0.15) is 13.2 Å². The van der Waals surface area contributed by atoms with E-state index in [0.29, 0.717) is 16.3 Å². The van der Waals surface area contributed by atoms with Gasteiger partial charge in [-0.15, -0.1) is 0 Å². The summed E-state index contributed by atoms with van der Waals surface area (Å²) in [5, 5.41) is 0.463. The first-order chi connectivity index (χ1) is 8.88. The lowest BCUT2D eigenvalue weighted by Crippen LogP contribution is -2.09. The highest BCUT2D eigenvalue weighted by Gasteiger charge is 2.32. The summed E-state index contributed by atoms with van der Waals surface area (Å²) in [6, 6.07) is 10.3. The molecule has 0 bridgehead atoms. The lowest BCUT2D eigenvalue weighted by atomic mass is 9.98. The summed E-state index contributed by atoms with van der Waals surface area (Å²) >= 11 is 5.76. The van der Waals surface area contributed by atoms with Gasteiger partial charge in [0.2, 0.25) is 0 Å². The Kier molecular flexibility index (Phi) is 3.71. The van der Waals surface area contributed by atoms with Gasteiger partial charge in [0.1, 0.15) is 0 Å². The standard InChI is InChI=1S/C14H11ClF3N/c15-11-6-5-10(13(19)8-11)7-9-3-1-2-4-12(9)14(16,17)18/h1-6,8H,7,19H2. The van der Waals surface area contributed by atoms with Gasteiger partial charge in [0.05, 0.1) is 5.56 Å². The van der Waals surface area contributed by atoms with E-state index in [9.17, 15) is 13.2 Å². The topological polar surface area (TPSA) is 26.0 Å². The van der Waals surface area contributed by atoms with Crippen LogP contribution in [-0.2, 0) is 12.6 Å². The first-order valence-corrected chi connectivity index (χ1v) is 5.95. The van der Waals surface area contributed by atoms with Gasteiger partial charge in [0, 0.05) is 17.1 Å². The Labute approximate surface area is 113 Å². The molecule has 2 aromatic carbocycles. The van der Waals surface area contributed by atoms with Crippen LogP contribution in [0.15, 0.2) is 42.5 Å². The zero-order valence-electron chi connectivity index (χ0n) is 9.84. The van der Waals surface area contributed by atoms with E-state index in [1.165, 1.54) is 18.2 Å². The lowest BCUT2D eigenvalue weighted by Gasteiger charge is -2.13. The largest absolute Gasteiger partial charge is 0.416 e. The van der Waals surface area contributed by atoms with E-state index in [0.717, 1.165) is 6.07 Å². The van der Waals surface area contributed by atoms with Gasteiger partial charge in [-0.25, -0.2) is 0 Å². The molecule has 0 aliphatic heterocycles. The number of nitrogens with two attached hydrogens (primary N) is 1. The molecular weight excluding hydrogens is 275 g/mol. The van der Waals surface area contributed by atoms with E-state index < -0.39 is 11.7 Å². The summed E-state index contributed by atoms with van der Waals surface area (Å²) in [6.07, 6.45) is -4.24. The highest BCUT2D eigenvalue weighted by atomic mass is 35.5. The van der Waals surface area contributed by atoms with Crippen molar-refractivity contribution in [2.75, 3.05) is 5.73 Å². The van der Waals surface area contributed by atoms with Crippen molar-refractivity contribution in [2.24, 2.45) is 0 Å². The molecule has 2 rings (SSSR count). The van der Waals surface area contributed by atoms with Crippen LogP contribution in [-0.4, -0.2) is 0 Å². The van der Waals surface area contributed by atoms with Crippen LogP contribution in [0.3, 0.4) is 0 Å². The Balaban J connectivity index is 2.39. The van der Waals surface area contributed by atoms with Crippen molar-refractivity contribution in [2.45, 2.75) is 12.6 Å². The molecule has 0 aromatic heterocycles. The van der Waals surface area contributed by atoms with E-state index in [2.05, 4.69) is 0 Å². The molecule has 0 aliphatic carbocycles. The Morgan fingerprint density at radius 1 is 1.00 bits per heavy atom. The Morgan fingerprint density at radius 2 is 1.68 bits per heavy atom. The number of benzene rings is 2. The van der Waals surface area contributed by atoms with Crippen molar-refractivity contribution >= 4 is 17.3 Å². The summed E-state index contributed by atoms with van der Waals surface area (Å²) in [5.41, 5.74) is 6.35. The average Bonchev–Trinajstić information content (AvgIpc) is 2.32. The van der Waals surface area contributed by atoms with Gasteiger partial charge in [0.15, 0.2) is 0 Å². The second-order valence-electron chi connectivity index (χ2n) is 4.17. The fourth-order valence-corrected chi connectivity index (χ4v) is 2.06. The van der Waals surface area contributed by atoms with Gasteiger partial charge in [-0.3, -0.25) is 0 Å². The van der Waals surface area contributed by atoms with Crippen molar-refractivity contribution in [3.8, 4) is 0 Å². The second kappa shape index (κ2) is 5.13. The highest BCUT2D eigenvalue weighted by Crippen LogP contribution is 2.33.